The van der Waals surface area contributed by atoms with E-state index in [2.05, 4.69) is 20.3 Å². The number of halogens is 3. The zero-order valence-corrected chi connectivity index (χ0v) is 15.3. The number of ether oxygens (including phenoxy) is 1. The van der Waals surface area contributed by atoms with Crippen molar-refractivity contribution in [2.75, 3.05) is 11.9 Å². The van der Waals surface area contributed by atoms with Gasteiger partial charge in [-0.3, -0.25) is 4.57 Å². The van der Waals surface area contributed by atoms with Gasteiger partial charge in [0.25, 0.3) is 0 Å². The first-order valence-corrected chi connectivity index (χ1v) is 9.07. The van der Waals surface area contributed by atoms with Crippen LogP contribution in [0.2, 0.25) is 10.0 Å². The van der Waals surface area contributed by atoms with Crippen LogP contribution >= 0.6 is 23.2 Å². The molecule has 2 aromatic heterocycles. The minimum absolute atomic E-state index is 0.182. The van der Waals surface area contributed by atoms with E-state index in [1.165, 1.54) is 0 Å². The Morgan fingerprint density at radius 1 is 1.27 bits per heavy atom. The molecule has 0 radical (unpaired) electrons. The number of imidazole rings is 1. The maximum Gasteiger partial charge on any atom is 0.312 e. The number of hydrogen-bond acceptors (Lipinski definition) is 5. The smallest absolute Gasteiger partial charge is 0.312 e. The number of anilines is 1. The van der Waals surface area contributed by atoms with Gasteiger partial charge in [-0.15, -0.1) is 0 Å². The second-order valence-corrected chi connectivity index (χ2v) is 6.84. The SMILES string of the molecule is Fc1nc(NCc2cccc(Cl)c2Cl)c2ncn(C3CCCCO3)c2n1. The quantitative estimate of drug-likeness (QED) is 0.654. The summed E-state index contributed by atoms with van der Waals surface area (Å²) in [6, 6.07) is 5.35. The molecule has 136 valence electrons. The van der Waals surface area contributed by atoms with Gasteiger partial charge in [0.2, 0.25) is 0 Å². The molecule has 1 atom stereocenters. The van der Waals surface area contributed by atoms with Crippen LogP contribution in [-0.2, 0) is 11.3 Å². The molecular formula is C17H16Cl2FN5O. The molecule has 0 saturated carbocycles. The Balaban J connectivity index is 1.65. The van der Waals surface area contributed by atoms with E-state index in [9.17, 15) is 4.39 Å². The van der Waals surface area contributed by atoms with Gasteiger partial charge < -0.3 is 10.1 Å². The van der Waals surface area contributed by atoms with Crippen molar-refractivity contribution in [2.45, 2.75) is 32.0 Å². The summed E-state index contributed by atoms with van der Waals surface area (Å²) in [4.78, 5) is 12.1. The van der Waals surface area contributed by atoms with Gasteiger partial charge in [-0.1, -0.05) is 35.3 Å². The highest BCUT2D eigenvalue weighted by Gasteiger charge is 2.21. The number of nitrogens with one attached hydrogen (secondary N) is 1. The standard InChI is InChI=1S/C17H16Cl2FN5O/c18-11-5-3-4-10(13(11)19)8-21-15-14-16(24-17(20)23-15)25(9-22-14)12-6-1-2-7-26-12/h3-5,9,12H,1-2,6-8H2,(H,21,23,24). The summed E-state index contributed by atoms with van der Waals surface area (Å²) in [5.74, 6) is 0.304. The summed E-state index contributed by atoms with van der Waals surface area (Å²) < 4.78 is 21.5. The highest BCUT2D eigenvalue weighted by molar-refractivity contribution is 6.42. The highest BCUT2D eigenvalue weighted by Crippen LogP contribution is 2.29. The van der Waals surface area contributed by atoms with Crippen molar-refractivity contribution in [1.82, 2.24) is 19.5 Å². The molecule has 0 amide bonds. The molecule has 3 heterocycles. The van der Waals surface area contributed by atoms with Gasteiger partial charge in [0, 0.05) is 13.2 Å². The topological polar surface area (TPSA) is 64.9 Å². The highest BCUT2D eigenvalue weighted by atomic mass is 35.5. The third-order valence-corrected chi connectivity index (χ3v) is 5.20. The van der Waals surface area contributed by atoms with Crippen LogP contribution in [0.25, 0.3) is 11.2 Å². The van der Waals surface area contributed by atoms with Crippen LogP contribution in [0.5, 0.6) is 0 Å². The Kier molecular flexibility index (Phi) is 4.93. The molecule has 4 rings (SSSR count). The molecule has 9 heteroatoms. The van der Waals surface area contributed by atoms with Gasteiger partial charge in [0.1, 0.15) is 6.23 Å². The predicted octanol–water partition coefficient (Wildman–Crippen LogP) is 4.58. The summed E-state index contributed by atoms with van der Waals surface area (Å²) in [6.45, 7) is 1.01. The molecule has 1 N–H and O–H groups in total. The molecule has 6 nitrogen and oxygen atoms in total. The Hall–Kier alpha value is -1.96. The molecule has 1 aliphatic rings. The molecule has 1 fully saturated rings. The summed E-state index contributed by atoms with van der Waals surface area (Å²) in [5.41, 5.74) is 1.67. The number of rotatable bonds is 4. The van der Waals surface area contributed by atoms with E-state index in [-0.39, 0.29) is 6.23 Å². The van der Waals surface area contributed by atoms with Crippen LogP contribution in [-0.4, -0.2) is 26.1 Å². The zero-order valence-electron chi connectivity index (χ0n) is 13.8. The zero-order chi connectivity index (χ0) is 18.1. The molecule has 1 saturated heterocycles. The summed E-state index contributed by atoms with van der Waals surface area (Å²) in [5, 5.41) is 3.99. The number of fused-ring (bicyclic) bond motifs is 1. The van der Waals surface area contributed by atoms with E-state index in [1.54, 1.807) is 23.0 Å². The lowest BCUT2D eigenvalue weighted by Gasteiger charge is -2.23. The van der Waals surface area contributed by atoms with Gasteiger partial charge in [-0.05, 0) is 30.9 Å². The lowest BCUT2D eigenvalue weighted by atomic mass is 10.2. The van der Waals surface area contributed by atoms with Crippen LogP contribution in [0.4, 0.5) is 10.2 Å². The van der Waals surface area contributed by atoms with Crippen molar-refractivity contribution in [3.8, 4) is 0 Å². The fourth-order valence-corrected chi connectivity index (χ4v) is 3.42. The van der Waals surface area contributed by atoms with Crippen molar-refractivity contribution in [2.24, 2.45) is 0 Å². The van der Waals surface area contributed by atoms with Crippen molar-refractivity contribution >= 4 is 40.2 Å². The Labute approximate surface area is 159 Å². The predicted molar refractivity (Wildman–Crippen MR) is 97.9 cm³/mol. The minimum atomic E-state index is -0.824. The van der Waals surface area contributed by atoms with Crippen molar-refractivity contribution in [3.63, 3.8) is 0 Å². The molecule has 1 aromatic carbocycles. The maximum atomic E-state index is 14.0. The first-order chi connectivity index (χ1) is 12.6. The van der Waals surface area contributed by atoms with Gasteiger partial charge in [0.05, 0.1) is 16.4 Å². The Morgan fingerprint density at radius 3 is 2.96 bits per heavy atom. The van der Waals surface area contributed by atoms with Gasteiger partial charge >= 0.3 is 6.08 Å². The Bertz CT molecular complexity index is 942. The van der Waals surface area contributed by atoms with Gasteiger partial charge in [-0.2, -0.15) is 14.4 Å². The molecule has 1 unspecified atom stereocenters. The summed E-state index contributed by atoms with van der Waals surface area (Å²) >= 11 is 12.2. The second kappa shape index (κ2) is 7.34. The van der Waals surface area contributed by atoms with Gasteiger partial charge in [0.15, 0.2) is 17.0 Å². The number of aromatic nitrogens is 4. The molecule has 0 aliphatic carbocycles. The van der Waals surface area contributed by atoms with Crippen LogP contribution in [0.1, 0.15) is 31.1 Å². The van der Waals surface area contributed by atoms with E-state index in [0.717, 1.165) is 24.8 Å². The number of hydrogen-bond donors (Lipinski definition) is 1. The molecular weight excluding hydrogens is 380 g/mol. The van der Waals surface area contributed by atoms with Crippen molar-refractivity contribution in [1.29, 1.82) is 0 Å². The molecule has 0 bridgehead atoms. The van der Waals surface area contributed by atoms with Gasteiger partial charge in [-0.25, -0.2) is 4.98 Å². The molecule has 0 spiro atoms. The fourth-order valence-electron chi connectivity index (χ4n) is 3.03. The van der Waals surface area contributed by atoms with E-state index in [4.69, 9.17) is 27.9 Å². The first-order valence-electron chi connectivity index (χ1n) is 8.32. The van der Waals surface area contributed by atoms with Crippen molar-refractivity contribution in [3.05, 3.63) is 46.2 Å². The summed E-state index contributed by atoms with van der Waals surface area (Å²) in [7, 11) is 0. The number of nitrogens with zero attached hydrogens (tertiary/aromatic N) is 4. The molecule has 26 heavy (non-hydrogen) atoms. The third-order valence-electron chi connectivity index (χ3n) is 4.34. The monoisotopic (exact) mass is 395 g/mol. The van der Waals surface area contributed by atoms with E-state index in [1.807, 2.05) is 6.07 Å². The first kappa shape index (κ1) is 17.5. The second-order valence-electron chi connectivity index (χ2n) is 6.05. The van der Waals surface area contributed by atoms with Crippen LogP contribution in [0.3, 0.4) is 0 Å². The lowest BCUT2D eigenvalue weighted by molar-refractivity contribution is -0.0298. The summed E-state index contributed by atoms with van der Waals surface area (Å²) in [6.07, 6.45) is 3.54. The van der Waals surface area contributed by atoms with E-state index in [0.29, 0.717) is 40.2 Å². The normalized spacial score (nSPS) is 17.6. The van der Waals surface area contributed by atoms with E-state index >= 15 is 0 Å². The lowest BCUT2D eigenvalue weighted by Crippen LogP contribution is -2.18. The minimum Gasteiger partial charge on any atom is -0.364 e. The largest absolute Gasteiger partial charge is 0.364 e. The van der Waals surface area contributed by atoms with Crippen LogP contribution in [0.15, 0.2) is 24.5 Å². The third kappa shape index (κ3) is 3.34. The number of benzene rings is 1. The Morgan fingerprint density at radius 2 is 2.15 bits per heavy atom. The maximum absolute atomic E-state index is 14.0. The average molecular weight is 396 g/mol. The van der Waals surface area contributed by atoms with Crippen LogP contribution < -0.4 is 5.32 Å². The average Bonchev–Trinajstić information content (AvgIpc) is 3.07. The van der Waals surface area contributed by atoms with Crippen LogP contribution in [0, 0.1) is 6.08 Å². The fraction of sp³-hybridized carbons (Fsp3) is 0.353. The van der Waals surface area contributed by atoms with Crippen molar-refractivity contribution < 1.29 is 9.13 Å². The van der Waals surface area contributed by atoms with E-state index < -0.39 is 6.08 Å². The molecule has 1 aliphatic heterocycles. The molecule has 3 aromatic rings.